The molecule has 0 saturated heterocycles. The van der Waals surface area contributed by atoms with Crippen molar-refractivity contribution < 1.29 is 34.8 Å². The van der Waals surface area contributed by atoms with Gasteiger partial charge in [0.2, 0.25) is 5.78 Å². The molecule has 1 amide bonds. The Balaban J connectivity index is 1.49. The zero-order chi connectivity index (χ0) is 27.5. The van der Waals surface area contributed by atoms with E-state index in [4.69, 9.17) is 17.3 Å². The topological polar surface area (TPSA) is 161 Å². The molecule has 9 nitrogen and oxygen atoms in total. The molecule has 0 aliphatic heterocycles. The highest BCUT2D eigenvalue weighted by Gasteiger charge is 2.59. The third-order valence-electron chi connectivity index (χ3n) is 8.81. The number of aliphatic hydroxyl groups is 3. The monoisotopic (exact) mass is 544 g/mol. The summed E-state index contributed by atoms with van der Waals surface area (Å²) in [7, 11) is 2.01. The summed E-state index contributed by atoms with van der Waals surface area (Å²) in [4.78, 5) is 40.6. The molecule has 4 aliphatic rings. The molecule has 1 saturated carbocycles. The van der Waals surface area contributed by atoms with Gasteiger partial charge in [0, 0.05) is 36.0 Å². The maximum Gasteiger partial charge on any atom is 0.255 e. The smallest absolute Gasteiger partial charge is 0.255 e. The largest absolute Gasteiger partial charge is 0.511 e. The van der Waals surface area contributed by atoms with Gasteiger partial charge in [-0.3, -0.25) is 14.4 Å². The van der Waals surface area contributed by atoms with Crippen molar-refractivity contribution in [3.8, 4) is 5.75 Å². The molecule has 6 N–H and O–H groups in total. The van der Waals surface area contributed by atoms with Gasteiger partial charge in [-0.1, -0.05) is 30.9 Å². The minimum atomic E-state index is -2.57. The van der Waals surface area contributed by atoms with Crippen LogP contribution in [0.15, 0.2) is 28.7 Å². The first kappa shape index (κ1) is 26.7. The number of nitrogens with two attached hydrogens (primary N) is 1. The third-order valence-corrected chi connectivity index (χ3v) is 9.28. The second-order valence-corrected chi connectivity index (χ2v) is 11.7. The zero-order valence-corrected chi connectivity index (χ0v) is 22.1. The van der Waals surface area contributed by atoms with Crippen LogP contribution in [-0.2, 0) is 22.6 Å². The fraction of sp³-hybridized carbons (Fsp3) is 0.536. The number of phenolic OH excluding ortho intramolecular Hbond substituents is 1. The number of phenols is 1. The van der Waals surface area contributed by atoms with Gasteiger partial charge in [0.05, 0.1) is 5.56 Å². The van der Waals surface area contributed by atoms with Crippen LogP contribution in [0.5, 0.6) is 5.75 Å². The molecule has 38 heavy (non-hydrogen) atoms. The van der Waals surface area contributed by atoms with Crippen molar-refractivity contribution in [3.63, 3.8) is 0 Å². The molecule has 0 radical (unpaired) electrons. The van der Waals surface area contributed by atoms with Crippen molar-refractivity contribution in [2.45, 2.75) is 63.5 Å². The van der Waals surface area contributed by atoms with Gasteiger partial charge >= 0.3 is 0 Å². The van der Waals surface area contributed by atoms with Crippen molar-refractivity contribution >= 4 is 29.1 Å². The van der Waals surface area contributed by atoms with E-state index < -0.39 is 52.0 Å². The molecule has 204 valence electrons. The molecule has 0 bridgehead atoms. The number of allylic oxidation sites excluding steroid dienone is 2. The van der Waals surface area contributed by atoms with E-state index in [1.54, 1.807) is 0 Å². The quantitative estimate of drug-likeness (QED) is 0.353. The molecular formula is C28H33ClN2O7. The molecule has 1 aromatic rings. The first-order chi connectivity index (χ1) is 17.9. The molecular weight excluding hydrogens is 512 g/mol. The van der Waals surface area contributed by atoms with Gasteiger partial charge in [0.1, 0.15) is 22.8 Å². The second kappa shape index (κ2) is 9.70. The number of Topliss-reactive ketones (excluding diaryl/α,β-unsaturated/α-hetero) is 2. The summed E-state index contributed by atoms with van der Waals surface area (Å²) in [5, 5.41) is 44.0. The van der Waals surface area contributed by atoms with Gasteiger partial charge in [-0.25, -0.2) is 0 Å². The fourth-order valence-electron chi connectivity index (χ4n) is 7.00. The Morgan fingerprint density at radius 3 is 2.50 bits per heavy atom. The highest BCUT2D eigenvalue weighted by Crippen LogP contribution is 2.52. The first-order valence-electron chi connectivity index (χ1n) is 13.1. The molecule has 1 aromatic carbocycles. The number of fused-ring (bicyclic) bond motifs is 3. The second-order valence-electron chi connectivity index (χ2n) is 11.3. The molecule has 0 heterocycles. The molecule has 3 atom stereocenters. The van der Waals surface area contributed by atoms with Crippen molar-refractivity contribution in [1.29, 1.82) is 0 Å². The summed E-state index contributed by atoms with van der Waals surface area (Å²) in [6.45, 7) is 1.41. The number of amides is 1. The summed E-state index contributed by atoms with van der Waals surface area (Å²) < 4.78 is 0. The van der Waals surface area contributed by atoms with E-state index in [9.17, 15) is 34.8 Å². The van der Waals surface area contributed by atoms with Gasteiger partial charge in [0.15, 0.2) is 11.4 Å². The van der Waals surface area contributed by atoms with E-state index in [1.165, 1.54) is 38.2 Å². The summed E-state index contributed by atoms with van der Waals surface area (Å²) >= 11 is 6.81. The Bertz CT molecular complexity index is 1300. The first-order valence-corrected chi connectivity index (χ1v) is 13.5. The van der Waals surface area contributed by atoms with Crippen LogP contribution in [0.25, 0.3) is 0 Å². The Morgan fingerprint density at radius 1 is 1.16 bits per heavy atom. The molecule has 10 heteroatoms. The number of carbonyl (C=O) groups is 3. The maximum atomic E-state index is 13.6. The van der Waals surface area contributed by atoms with Gasteiger partial charge in [-0.2, -0.15) is 0 Å². The molecule has 1 unspecified atom stereocenters. The molecule has 0 spiro atoms. The molecule has 0 aromatic heterocycles. The Kier molecular flexibility index (Phi) is 6.82. The average molecular weight is 545 g/mol. The van der Waals surface area contributed by atoms with Crippen LogP contribution < -0.4 is 5.73 Å². The molecule has 5 rings (SSSR count). The lowest BCUT2D eigenvalue weighted by Gasteiger charge is -2.45. The van der Waals surface area contributed by atoms with Crippen LogP contribution in [0.2, 0.25) is 5.02 Å². The van der Waals surface area contributed by atoms with E-state index in [2.05, 4.69) is 4.90 Å². The van der Waals surface area contributed by atoms with Crippen molar-refractivity contribution in [1.82, 2.24) is 4.90 Å². The minimum Gasteiger partial charge on any atom is -0.511 e. The van der Waals surface area contributed by atoms with Crippen LogP contribution in [-0.4, -0.2) is 62.0 Å². The number of halogens is 1. The fourth-order valence-corrected chi connectivity index (χ4v) is 7.29. The summed E-state index contributed by atoms with van der Waals surface area (Å²) in [5.41, 5.74) is 2.77. The van der Waals surface area contributed by atoms with Crippen LogP contribution in [0.3, 0.4) is 0 Å². The number of aliphatic hydroxyl groups excluding tert-OH is 2. The lowest BCUT2D eigenvalue weighted by atomic mass is 9.60. The highest BCUT2D eigenvalue weighted by molar-refractivity contribution is 6.33. The standard InChI is InChI=1S/C28H33ClN2O7/c1-31(11-13-5-3-2-4-6-13)12-15-9-18(32)21-17(23(15)29)8-14-7-16-10-19(33)22(27(30)37)26(36)28(16,38)25(35)20(14)24(21)34/h9,13-14,16,32-33,35,38H,2-8,10-12H2,1H3,(H2,30,37)/t14?,16-,28-/m0/s1. The predicted molar refractivity (Wildman–Crippen MR) is 139 cm³/mol. The summed E-state index contributed by atoms with van der Waals surface area (Å²) in [6.07, 6.45) is 6.16. The SMILES string of the molecule is CN(Cc1cc(O)c2c(c1Cl)CC1C[C@H]3CC(O)=C(C(N)=O)C(=O)[C@@]3(O)C(O)=C1C2=O)CC1CCCCC1. The Hall–Kier alpha value is -2.88. The summed E-state index contributed by atoms with van der Waals surface area (Å²) in [6, 6.07) is 1.46. The Morgan fingerprint density at radius 2 is 1.84 bits per heavy atom. The van der Waals surface area contributed by atoms with E-state index in [-0.39, 0.29) is 36.1 Å². The summed E-state index contributed by atoms with van der Waals surface area (Å²) in [5.74, 6) is -5.85. The number of ketones is 2. The predicted octanol–water partition coefficient (Wildman–Crippen LogP) is 3.25. The van der Waals surface area contributed by atoms with Gasteiger partial charge in [0.25, 0.3) is 5.91 Å². The zero-order valence-electron chi connectivity index (χ0n) is 21.3. The van der Waals surface area contributed by atoms with Crippen LogP contribution in [0.1, 0.15) is 66.4 Å². The number of rotatable bonds is 5. The third kappa shape index (κ3) is 4.12. The van der Waals surface area contributed by atoms with Crippen LogP contribution >= 0.6 is 11.6 Å². The van der Waals surface area contributed by atoms with Crippen molar-refractivity contribution in [3.05, 3.63) is 50.4 Å². The molecule has 1 fully saturated rings. The lowest BCUT2D eigenvalue weighted by molar-refractivity contribution is -0.144. The average Bonchev–Trinajstić information content (AvgIpc) is 2.84. The number of aromatic hydroxyl groups is 1. The number of hydrogen-bond acceptors (Lipinski definition) is 8. The highest BCUT2D eigenvalue weighted by atomic mass is 35.5. The number of carbonyl (C=O) groups excluding carboxylic acids is 3. The van der Waals surface area contributed by atoms with E-state index >= 15 is 0 Å². The maximum absolute atomic E-state index is 13.6. The van der Waals surface area contributed by atoms with Gasteiger partial charge in [-0.05, 0) is 61.8 Å². The van der Waals surface area contributed by atoms with E-state index in [0.29, 0.717) is 28.6 Å². The van der Waals surface area contributed by atoms with Crippen molar-refractivity contribution in [2.24, 2.45) is 23.5 Å². The number of benzene rings is 1. The van der Waals surface area contributed by atoms with E-state index in [0.717, 1.165) is 6.54 Å². The molecule has 4 aliphatic carbocycles. The normalized spacial score (nSPS) is 27.9. The number of primary amides is 1. The number of nitrogens with zero attached hydrogens (tertiary/aromatic N) is 1. The van der Waals surface area contributed by atoms with Gasteiger partial charge < -0.3 is 31.1 Å². The van der Waals surface area contributed by atoms with E-state index in [1.807, 2.05) is 7.05 Å². The lowest BCUT2D eigenvalue weighted by Crippen LogP contribution is -2.57. The van der Waals surface area contributed by atoms with Crippen molar-refractivity contribution in [2.75, 3.05) is 13.6 Å². The number of hydrogen-bond donors (Lipinski definition) is 5. The Labute approximate surface area is 225 Å². The van der Waals surface area contributed by atoms with Gasteiger partial charge in [-0.15, -0.1) is 0 Å². The minimum absolute atomic E-state index is 0.0645. The van der Waals surface area contributed by atoms with Crippen LogP contribution in [0, 0.1) is 17.8 Å². The van der Waals surface area contributed by atoms with Crippen LogP contribution in [0.4, 0.5) is 0 Å².